The van der Waals surface area contributed by atoms with E-state index in [1.54, 1.807) is 0 Å². The van der Waals surface area contributed by atoms with Crippen LogP contribution < -0.4 is 15.4 Å². The van der Waals surface area contributed by atoms with Crippen molar-refractivity contribution in [3.8, 4) is 5.75 Å². The zero-order chi connectivity index (χ0) is 21.1. The molecule has 1 aromatic carbocycles. The molecule has 1 aromatic heterocycles. The summed E-state index contributed by atoms with van der Waals surface area (Å²) in [6.07, 6.45) is 0.556. The number of guanidine groups is 1. The number of nitrogens with zero attached hydrogens (tertiary/aromatic N) is 3. The van der Waals surface area contributed by atoms with Crippen LogP contribution in [0.25, 0.3) is 0 Å². The van der Waals surface area contributed by atoms with E-state index < -0.39 is 0 Å². The van der Waals surface area contributed by atoms with Gasteiger partial charge in [0.2, 0.25) is 5.89 Å². The monoisotopic (exact) mass is 551 g/mol. The molecule has 30 heavy (non-hydrogen) atoms. The summed E-state index contributed by atoms with van der Waals surface area (Å²) < 4.78 is 16.7. The summed E-state index contributed by atoms with van der Waals surface area (Å²) >= 11 is 6.19. The number of benzene rings is 1. The van der Waals surface area contributed by atoms with Crippen molar-refractivity contribution in [3.63, 3.8) is 0 Å². The third-order valence-electron chi connectivity index (χ3n) is 4.06. The zero-order valence-corrected chi connectivity index (χ0v) is 20.9. The average Bonchev–Trinajstić information content (AvgIpc) is 3.20. The van der Waals surface area contributed by atoms with Gasteiger partial charge < -0.3 is 24.6 Å². The summed E-state index contributed by atoms with van der Waals surface area (Å²) in [5, 5.41) is 11.0. The SMILES string of the molecule is CCNC(=NCc1nc(C(C)OCC)no1)NCC(CC)Oc1ccccc1Cl.I. The molecule has 0 aliphatic carbocycles. The largest absolute Gasteiger partial charge is 0.487 e. The van der Waals surface area contributed by atoms with E-state index in [0.717, 1.165) is 13.0 Å². The van der Waals surface area contributed by atoms with Gasteiger partial charge in [0.25, 0.3) is 0 Å². The van der Waals surface area contributed by atoms with Gasteiger partial charge >= 0.3 is 0 Å². The summed E-state index contributed by atoms with van der Waals surface area (Å²) in [6, 6.07) is 7.45. The summed E-state index contributed by atoms with van der Waals surface area (Å²) in [4.78, 5) is 8.84. The first-order valence-electron chi connectivity index (χ1n) is 9.94. The van der Waals surface area contributed by atoms with E-state index in [9.17, 15) is 0 Å². The Morgan fingerprint density at radius 1 is 1.23 bits per heavy atom. The van der Waals surface area contributed by atoms with Crippen molar-refractivity contribution >= 4 is 41.5 Å². The predicted octanol–water partition coefficient (Wildman–Crippen LogP) is 4.35. The van der Waals surface area contributed by atoms with Crippen LogP contribution in [-0.4, -0.2) is 41.9 Å². The molecule has 0 bridgehead atoms. The molecule has 0 radical (unpaired) electrons. The Bertz CT molecular complexity index is 774. The Hall–Kier alpha value is -1.59. The molecule has 0 spiro atoms. The van der Waals surface area contributed by atoms with Crippen LogP contribution in [-0.2, 0) is 11.3 Å². The molecular weight excluding hydrogens is 521 g/mol. The molecule has 10 heteroatoms. The second kappa shape index (κ2) is 14.4. The van der Waals surface area contributed by atoms with Gasteiger partial charge in [0.1, 0.15) is 24.5 Å². The fourth-order valence-corrected chi connectivity index (χ4v) is 2.69. The average molecular weight is 552 g/mol. The highest BCUT2D eigenvalue weighted by atomic mass is 127. The smallest absolute Gasteiger partial charge is 0.248 e. The molecule has 2 N–H and O–H groups in total. The van der Waals surface area contributed by atoms with Gasteiger partial charge in [-0.05, 0) is 39.3 Å². The maximum absolute atomic E-state index is 6.19. The van der Waals surface area contributed by atoms with Crippen LogP contribution in [0.4, 0.5) is 0 Å². The van der Waals surface area contributed by atoms with Gasteiger partial charge in [-0.3, -0.25) is 0 Å². The summed E-state index contributed by atoms with van der Waals surface area (Å²) in [6.45, 7) is 10.0. The Labute approximate surface area is 200 Å². The van der Waals surface area contributed by atoms with Crippen LogP contribution in [0.15, 0.2) is 33.8 Å². The minimum Gasteiger partial charge on any atom is -0.487 e. The van der Waals surface area contributed by atoms with E-state index >= 15 is 0 Å². The zero-order valence-electron chi connectivity index (χ0n) is 17.9. The number of halogens is 2. The van der Waals surface area contributed by atoms with E-state index in [0.29, 0.717) is 41.6 Å². The Kier molecular flexibility index (Phi) is 12.7. The number of hydrogen-bond donors (Lipinski definition) is 2. The van der Waals surface area contributed by atoms with Crippen molar-refractivity contribution in [2.45, 2.75) is 52.9 Å². The summed E-state index contributed by atoms with van der Waals surface area (Å²) in [5.74, 6) is 2.27. The van der Waals surface area contributed by atoms with Crippen LogP contribution in [0.3, 0.4) is 0 Å². The Morgan fingerprint density at radius 2 is 2.00 bits per heavy atom. The number of nitrogens with one attached hydrogen (secondary N) is 2. The standard InChI is InChI=1S/C20H30ClN5O3.HI/c1-5-15(28-17-11-9-8-10-16(17)21)12-23-20(22-6-2)24-13-18-25-19(26-29-18)14(4)27-7-3;/h8-11,14-15H,5-7,12-13H2,1-4H3,(H2,22,23,24);1H. The quantitative estimate of drug-likeness (QED) is 0.244. The molecule has 2 rings (SSSR count). The van der Waals surface area contributed by atoms with Gasteiger partial charge in [-0.1, -0.05) is 35.8 Å². The maximum Gasteiger partial charge on any atom is 0.248 e. The van der Waals surface area contributed by atoms with Crippen LogP contribution in [0, 0.1) is 0 Å². The molecule has 0 saturated carbocycles. The number of aliphatic imine (C=N–C) groups is 1. The molecule has 2 aromatic rings. The lowest BCUT2D eigenvalue weighted by atomic mass is 10.2. The molecule has 8 nitrogen and oxygen atoms in total. The molecule has 0 fully saturated rings. The molecular formula is C20H31ClIN5O3. The highest BCUT2D eigenvalue weighted by Crippen LogP contribution is 2.24. The highest BCUT2D eigenvalue weighted by Gasteiger charge is 2.14. The van der Waals surface area contributed by atoms with Crippen molar-refractivity contribution in [1.29, 1.82) is 0 Å². The first-order chi connectivity index (χ1) is 14.1. The lowest BCUT2D eigenvalue weighted by Gasteiger charge is -2.20. The van der Waals surface area contributed by atoms with E-state index in [2.05, 4.69) is 32.7 Å². The number of ether oxygens (including phenoxy) is 2. The lowest BCUT2D eigenvalue weighted by Crippen LogP contribution is -2.42. The molecule has 0 amide bonds. The Balaban J connectivity index is 0.00000450. The second-order valence-corrected chi connectivity index (χ2v) is 6.71. The highest BCUT2D eigenvalue weighted by molar-refractivity contribution is 14.0. The summed E-state index contributed by atoms with van der Waals surface area (Å²) in [5.41, 5.74) is 0. The second-order valence-electron chi connectivity index (χ2n) is 6.30. The first kappa shape index (κ1) is 26.4. The Morgan fingerprint density at radius 3 is 2.67 bits per heavy atom. The predicted molar refractivity (Wildman–Crippen MR) is 129 cm³/mol. The topological polar surface area (TPSA) is 93.8 Å². The molecule has 168 valence electrons. The van der Waals surface area contributed by atoms with Gasteiger partial charge in [-0.15, -0.1) is 24.0 Å². The first-order valence-corrected chi connectivity index (χ1v) is 10.3. The van der Waals surface area contributed by atoms with Crippen molar-refractivity contribution in [1.82, 2.24) is 20.8 Å². The van der Waals surface area contributed by atoms with Crippen molar-refractivity contribution in [2.24, 2.45) is 4.99 Å². The van der Waals surface area contributed by atoms with Crippen molar-refractivity contribution < 1.29 is 14.0 Å². The van der Waals surface area contributed by atoms with E-state index in [1.807, 2.05) is 45.0 Å². The minimum atomic E-state index is -0.208. The maximum atomic E-state index is 6.19. The normalized spacial score (nSPS) is 13.3. The van der Waals surface area contributed by atoms with Gasteiger partial charge in [0, 0.05) is 13.2 Å². The van der Waals surface area contributed by atoms with Gasteiger partial charge in [-0.2, -0.15) is 4.98 Å². The van der Waals surface area contributed by atoms with Crippen molar-refractivity contribution in [2.75, 3.05) is 19.7 Å². The number of aromatic nitrogens is 2. The number of hydrogen-bond acceptors (Lipinski definition) is 6. The number of rotatable bonds is 11. The number of para-hydroxylation sites is 1. The fraction of sp³-hybridized carbons (Fsp3) is 0.550. The fourth-order valence-electron chi connectivity index (χ4n) is 2.51. The van der Waals surface area contributed by atoms with Gasteiger partial charge in [0.15, 0.2) is 11.8 Å². The van der Waals surface area contributed by atoms with E-state index in [1.165, 1.54) is 0 Å². The van der Waals surface area contributed by atoms with E-state index in [-0.39, 0.29) is 42.7 Å². The lowest BCUT2D eigenvalue weighted by molar-refractivity contribution is 0.0683. The molecule has 0 aliphatic rings. The third-order valence-corrected chi connectivity index (χ3v) is 4.38. The van der Waals surface area contributed by atoms with Gasteiger partial charge in [0.05, 0.1) is 11.6 Å². The van der Waals surface area contributed by atoms with Crippen LogP contribution in [0.5, 0.6) is 5.75 Å². The molecule has 0 saturated heterocycles. The molecule has 0 aliphatic heterocycles. The van der Waals surface area contributed by atoms with Crippen molar-refractivity contribution in [3.05, 3.63) is 41.0 Å². The van der Waals surface area contributed by atoms with Crippen LogP contribution >= 0.6 is 35.6 Å². The summed E-state index contributed by atoms with van der Waals surface area (Å²) in [7, 11) is 0. The third kappa shape index (κ3) is 8.65. The van der Waals surface area contributed by atoms with E-state index in [4.69, 9.17) is 25.6 Å². The molecule has 1 heterocycles. The molecule has 2 atom stereocenters. The van der Waals surface area contributed by atoms with Gasteiger partial charge in [-0.25, -0.2) is 4.99 Å². The minimum absolute atomic E-state index is 0. The van der Waals surface area contributed by atoms with Crippen LogP contribution in [0.1, 0.15) is 51.9 Å². The molecule has 2 unspecified atom stereocenters. The van der Waals surface area contributed by atoms with Crippen LogP contribution in [0.2, 0.25) is 5.02 Å².